The standard InChI is InChI=1S/C17H20N4O4S/c22-16(11-25-15-6-4-14(5-7-15)21(23)24)19-17-18-13(12-26-17)10-20-8-2-1-3-9-20/h4-7,12H,1-3,8-11H2,(H,18,19,22). The lowest BCUT2D eigenvalue weighted by Gasteiger charge is -2.25. The van der Waals surface area contributed by atoms with Gasteiger partial charge in [0.1, 0.15) is 5.75 Å². The van der Waals surface area contributed by atoms with Crippen molar-refractivity contribution in [2.24, 2.45) is 0 Å². The molecule has 0 aliphatic carbocycles. The Morgan fingerprint density at radius 1 is 1.27 bits per heavy atom. The predicted octanol–water partition coefficient (Wildman–Crippen LogP) is 3.05. The van der Waals surface area contributed by atoms with Gasteiger partial charge in [-0.05, 0) is 38.1 Å². The summed E-state index contributed by atoms with van der Waals surface area (Å²) < 4.78 is 5.34. The minimum absolute atomic E-state index is 0.0224. The van der Waals surface area contributed by atoms with E-state index in [2.05, 4.69) is 15.2 Å². The van der Waals surface area contributed by atoms with Crippen molar-refractivity contribution in [1.29, 1.82) is 0 Å². The molecular formula is C17H20N4O4S. The summed E-state index contributed by atoms with van der Waals surface area (Å²) in [5.41, 5.74) is 0.939. The fraction of sp³-hybridized carbons (Fsp3) is 0.412. The van der Waals surface area contributed by atoms with E-state index >= 15 is 0 Å². The second kappa shape index (κ2) is 8.72. The van der Waals surface area contributed by atoms with Crippen molar-refractivity contribution in [2.45, 2.75) is 25.8 Å². The van der Waals surface area contributed by atoms with Crippen molar-refractivity contribution in [3.8, 4) is 5.75 Å². The fourth-order valence-corrected chi connectivity index (χ4v) is 3.47. The summed E-state index contributed by atoms with van der Waals surface area (Å²) in [5, 5.41) is 15.8. The topological polar surface area (TPSA) is 97.6 Å². The quantitative estimate of drug-likeness (QED) is 0.589. The Bertz CT molecular complexity index is 756. The van der Waals surface area contributed by atoms with Crippen LogP contribution in [0, 0.1) is 10.1 Å². The normalized spacial score (nSPS) is 14.8. The molecule has 1 aromatic carbocycles. The van der Waals surface area contributed by atoms with Gasteiger partial charge in [-0.3, -0.25) is 25.1 Å². The van der Waals surface area contributed by atoms with Gasteiger partial charge < -0.3 is 4.74 Å². The number of non-ortho nitro benzene ring substituents is 1. The van der Waals surface area contributed by atoms with E-state index in [1.54, 1.807) is 0 Å². The number of rotatable bonds is 7. The van der Waals surface area contributed by atoms with Crippen LogP contribution in [0.1, 0.15) is 25.0 Å². The van der Waals surface area contributed by atoms with Gasteiger partial charge in [0.15, 0.2) is 11.7 Å². The SMILES string of the molecule is O=C(COc1ccc([N+](=O)[O-])cc1)Nc1nc(CN2CCCCC2)cs1. The molecule has 1 aromatic heterocycles. The fourth-order valence-electron chi connectivity index (χ4n) is 2.75. The van der Waals surface area contributed by atoms with Crippen molar-refractivity contribution in [1.82, 2.24) is 9.88 Å². The highest BCUT2D eigenvalue weighted by atomic mass is 32.1. The van der Waals surface area contributed by atoms with Crippen LogP contribution in [0.15, 0.2) is 29.6 Å². The average molecular weight is 376 g/mol. The van der Waals surface area contributed by atoms with Crippen molar-refractivity contribution in [2.75, 3.05) is 25.0 Å². The third-order valence-electron chi connectivity index (χ3n) is 4.05. The van der Waals surface area contributed by atoms with Gasteiger partial charge in [0.25, 0.3) is 11.6 Å². The first kappa shape index (κ1) is 18.3. The molecule has 1 N–H and O–H groups in total. The van der Waals surface area contributed by atoms with Crippen LogP contribution in [0.3, 0.4) is 0 Å². The minimum Gasteiger partial charge on any atom is -0.484 e. The summed E-state index contributed by atoms with van der Waals surface area (Å²) in [6.07, 6.45) is 3.76. The van der Waals surface area contributed by atoms with E-state index in [0.29, 0.717) is 10.9 Å². The molecule has 0 spiro atoms. The van der Waals surface area contributed by atoms with Crippen LogP contribution >= 0.6 is 11.3 Å². The van der Waals surface area contributed by atoms with Crippen LogP contribution in [0.4, 0.5) is 10.8 Å². The Hall–Kier alpha value is -2.52. The van der Waals surface area contributed by atoms with Crippen molar-refractivity contribution >= 4 is 28.1 Å². The number of thiazole rings is 1. The second-order valence-electron chi connectivity index (χ2n) is 6.07. The monoisotopic (exact) mass is 376 g/mol. The molecule has 26 heavy (non-hydrogen) atoms. The van der Waals surface area contributed by atoms with Crippen molar-refractivity contribution in [3.63, 3.8) is 0 Å². The Labute approximate surface area is 154 Å². The number of carbonyl (C=O) groups excluding carboxylic acids is 1. The lowest BCUT2D eigenvalue weighted by Crippen LogP contribution is -2.29. The highest BCUT2D eigenvalue weighted by molar-refractivity contribution is 7.13. The number of piperidine rings is 1. The highest BCUT2D eigenvalue weighted by Crippen LogP contribution is 2.20. The maximum Gasteiger partial charge on any atom is 0.269 e. The second-order valence-corrected chi connectivity index (χ2v) is 6.93. The van der Waals surface area contributed by atoms with Gasteiger partial charge in [-0.15, -0.1) is 11.3 Å². The highest BCUT2D eigenvalue weighted by Gasteiger charge is 2.13. The van der Waals surface area contributed by atoms with Crippen molar-refractivity contribution < 1.29 is 14.5 Å². The van der Waals surface area contributed by atoms with Crippen LogP contribution in [0.5, 0.6) is 5.75 Å². The Balaban J connectivity index is 1.45. The van der Waals surface area contributed by atoms with Gasteiger partial charge in [0.05, 0.1) is 10.6 Å². The Morgan fingerprint density at radius 3 is 2.69 bits per heavy atom. The summed E-state index contributed by atoms with van der Waals surface area (Å²) in [7, 11) is 0. The number of nitro groups is 1. The molecule has 9 heteroatoms. The van der Waals surface area contributed by atoms with Gasteiger partial charge in [0, 0.05) is 24.1 Å². The van der Waals surface area contributed by atoms with Gasteiger partial charge in [-0.25, -0.2) is 4.98 Å². The first-order valence-electron chi connectivity index (χ1n) is 8.44. The molecule has 1 saturated heterocycles. The van der Waals surface area contributed by atoms with Crippen LogP contribution in [0.2, 0.25) is 0 Å². The molecular weight excluding hydrogens is 356 g/mol. The number of nitro benzene ring substituents is 1. The smallest absolute Gasteiger partial charge is 0.269 e. The van der Waals surface area contributed by atoms with E-state index in [1.807, 2.05) is 5.38 Å². The zero-order valence-electron chi connectivity index (χ0n) is 14.2. The zero-order valence-corrected chi connectivity index (χ0v) is 15.0. The zero-order chi connectivity index (χ0) is 18.4. The molecule has 2 aromatic rings. The number of likely N-dealkylation sites (tertiary alicyclic amines) is 1. The number of hydrogen-bond donors (Lipinski definition) is 1. The molecule has 0 saturated carbocycles. The van der Waals surface area contributed by atoms with E-state index in [1.165, 1.54) is 54.9 Å². The number of benzene rings is 1. The van der Waals surface area contributed by atoms with Gasteiger partial charge in [-0.2, -0.15) is 0 Å². The number of ether oxygens (including phenoxy) is 1. The van der Waals surface area contributed by atoms with E-state index in [0.717, 1.165) is 25.3 Å². The van der Waals surface area contributed by atoms with Gasteiger partial charge in [-0.1, -0.05) is 6.42 Å². The molecule has 0 atom stereocenters. The molecule has 1 aliphatic rings. The maximum absolute atomic E-state index is 12.0. The van der Waals surface area contributed by atoms with E-state index in [-0.39, 0.29) is 18.2 Å². The molecule has 8 nitrogen and oxygen atoms in total. The van der Waals surface area contributed by atoms with E-state index in [4.69, 9.17) is 4.74 Å². The third kappa shape index (κ3) is 5.24. The number of nitrogens with one attached hydrogen (secondary N) is 1. The molecule has 1 amide bonds. The number of hydrogen-bond acceptors (Lipinski definition) is 7. The van der Waals surface area contributed by atoms with Crippen LogP contribution in [-0.2, 0) is 11.3 Å². The molecule has 0 unspecified atom stereocenters. The number of carbonyl (C=O) groups is 1. The molecule has 3 rings (SSSR count). The molecule has 138 valence electrons. The minimum atomic E-state index is -0.486. The summed E-state index contributed by atoms with van der Waals surface area (Å²) >= 11 is 1.39. The number of amides is 1. The van der Waals surface area contributed by atoms with Crippen LogP contribution in [-0.4, -0.2) is 40.4 Å². The molecule has 2 heterocycles. The molecule has 0 bridgehead atoms. The predicted molar refractivity (Wildman–Crippen MR) is 98.5 cm³/mol. The average Bonchev–Trinajstić information content (AvgIpc) is 3.08. The van der Waals surface area contributed by atoms with Crippen LogP contribution in [0.25, 0.3) is 0 Å². The lowest BCUT2D eigenvalue weighted by molar-refractivity contribution is -0.384. The maximum atomic E-state index is 12.0. The van der Waals surface area contributed by atoms with E-state index < -0.39 is 4.92 Å². The lowest BCUT2D eigenvalue weighted by atomic mass is 10.1. The Kier molecular flexibility index (Phi) is 6.13. The summed E-state index contributed by atoms with van der Waals surface area (Å²) in [6, 6.07) is 5.60. The Morgan fingerprint density at radius 2 is 2.00 bits per heavy atom. The number of anilines is 1. The third-order valence-corrected chi connectivity index (χ3v) is 4.86. The van der Waals surface area contributed by atoms with Crippen LogP contribution < -0.4 is 10.1 Å². The van der Waals surface area contributed by atoms with Gasteiger partial charge >= 0.3 is 0 Å². The van der Waals surface area contributed by atoms with Crippen molar-refractivity contribution in [3.05, 3.63) is 45.5 Å². The first-order chi connectivity index (χ1) is 12.6. The largest absolute Gasteiger partial charge is 0.484 e. The molecule has 1 fully saturated rings. The number of nitrogens with zero attached hydrogens (tertiary/aromatic N) is 3. The summed E-state index contributed by atoms with van der Waals surface area (Å²) in [4.78, 5) is 28.9. The van der Waals surface area contributed by atoms with E-state index in [9.17, 15) is 14.9 Å². The van der Waals surface area contributed by atoms with Gasteiger partial charge in [0.2, 0.25) is 0 Å². The summed E-state index contributed by atoms with van der Waals surface area (Å²) in [6.45, 7) is 2.83. The summed E-state index contributed by atoms with van der Waals surface area (Å²) in [5.74, 6) is 0.0814. The molecule has 1 aliphatic heterocycles. The first-order valence-corrected chi connectivity index (χ1v) is 9.32. The number of aromatic nitrogens is 1. The molecule has 0 radical (unpaired) electrons.